The standard InChI is InChI=1S/C9H11FN2/c10-9-6-12-4-2-8(9)7-1-3-11-5-7/h2,4,6-7,11H,1,3,5H2/t7-/m0/s1. The Morgan fingerprint density at radius 1 is 1.58 bits per heavy atom. The average molecular weight is 166 g/mol. The Balaban J connectivity index is 2.26. The monoisotopic (exact) mass is 166 g/mol. The summed E-state index contributed by atoms with van der Waals surface area (Å²) in [7, 11) is 0. The van der Waals surface area contributed by atoms with Gasteiger partial charge in [-0.25, -0.2) is 4.39 Å². The molecule has 0 aliphatic carbocycles. The first-order valence-electron chi connectivity index (χ1n) is 4.18. The van der Waals surface area contributed by atoms with E-state index < -0.39 is 0 Å². The van der Waals surface area contributed by atoms with Crippen LogP contribution in [-0.4, -0.2) is 18.1 Å². The van der Waals surface area contributed by atoms with E-state index in [9.17, 15) is 4.39 Å². The fourth-order valence-corrected chi connectivity index (χ4v) is 1.64. The molecule has 0 amide bonds. The number of nitrogens with zero attached hydrogens (tertiary/aromatic N) is 1. The minimum absolute atomic E-state index is 0.175. The number of nitrogens with one attached hydrogen (secondary N) is 1. The third-order valence-electron chi connectivity index (χ3n) is 2.30. The Hall–Kier alpha value is -0.960. The van der Waals surface area contributed by atoms with Crippen molar-refractivity contribution in [2.24, 2.45) is 0 Å². The highest BCUT2D eigenvalue weighted by molar-refractivity contribution is 5.19. The van der Waals surface area contributed by atoms with Gasteiger partial charge in [0.25, 0.3) is 0 Å². The van der Waals surface area contributed by atoms with E-state index in [2.05, 4.69) is 10.3 Å². The third-order valence-corrected chi connectivity index (χ3v) is 2.30. The summed E-state index contributed by atoms with van der Waals surface area (Å²) >= 11 is 0. The molecule has 1 fully saturated rings. The Morgan fingerprint density at radius 2 is 2.50 bits per heavy atom. The Morgan fingerprint density at radius 3 is 3.17 bits per heavy atom. The Bertz CT molecular complexity index is 269. The number of pyridine rings is 1. The summed E-state index contributed by atoms with van der Waals surface area (Å²) in [6, 6.07) is 1.77. The minimum Gasteiger partial charge on any atom is -0.316 e. The second kappa shape index (κ2) is 3.19. The summed E-state index contributed by atoms with van der Waals surface area (Å²) in [6.07, 6.45) is 3.96. The molecule has 1 N–H and O–H groups in total. The van der Waals surface area contributed by atoms with Crippen LogP contribution in [0.25, 0.3) is 0 Å². The highest BCUT2D eigenvalue weighted by Gasteiger charge is 2.19. The molecule has 64 valence electrons. The fourth-order valence-electron chi connectivity index (χ4n) is 1.64. The first-order valence-corrected chi connectivity index (χ1v) is 4.18. The lowest BCUT2D eigenvalue weighted by Crippen LogP contribution is -2.08. The number of rotatable bonds is 1. The van der Waals surface area contributed by atoms with E-state index in [4.69, 9.17) is 0 Å². The number of hydrogen-bond donors (Lipinski definition) is 1. The van der Waals surface area contributed by atoms with Crippen LogP contribution in [0.1, 0.15) is 17.9 Å². The second-order valence-corrected chi connectivity index (χ2v) is 3.09. The van der Waals surface area contributed by atoms with E-state index in [1.807, 2.05) is 0 Å². The molecule has 1 aromatic rings. The molecule has 0 aromatic carbocycles. The van der Waals surface area contributed by atoms with Gasteiger partial charge in [0.1, 0.15) is 5.82 Å². The van der Waals surface area contributed by atoms with Gasteiger partial charge in [0.2, 0.25) is 0 Å². The molecule has 0 unspecified atom stereocenters. The SMILES string of the molecule is Fc1cnccc1[C@H]1CCNC1. The van der Waals surface area contributed by atoms with Crippen LogP contribution in [-0.2, 0) is 0 Å². The molecular formula is C9H11FN2. The fraction of sp³-hybridized carbons (Fsp3) is 0.444. The van der Waals surface area contributed by atoms with Crippen LogP contribution in [0.3, 0.4) is 0 Å². The molecular weight excluding hydrogens is 155 g/mol. The van der Waals surface area contributed by atoms with Crippen molar-refractivity contribution in [3.05, 3.63) is 29.8 Å². The van der Waals surface area contributed by atoms with Crippen molar-refractivity contribution in [1.29, 1.82) is 0 Å². The van der Waals surface area contributed by atoms with Crippen molar-refractivity contribution < 1.29 is 4.39 Å². The van der Waals surface area contributed by atoms with E-state index in [1.165, 1.54) is 6.20 Å². The lowest BCUT2D eigenvalue weighted by molar-refractivity contribution is 0.582. The summed E-state index contributed by atoms with van der Waals surface area (Å²) in [4.78, 5) is 3.72. The summed E-state index contributed by atoms with van der Waals surface area (Å²) in [5.41, 5.74) is 0.801. The highest BCUT2D eigenvalue weighted by Crippen LogP contribution is 2.23. The molecule has 2 nitrogen and oxygen atoms in total. The molecule has 1 atom stereocenters. The quantitative estimate of drug-likeness (QED) is 0.680. The van der Waals surface area contributed by atoms with Gasteiger partial charge in [-0.1, -0.05) is 0 Å². The first-order chi connectivity index (χ1) is 5.88. The van der Waals surface area contributed by atoms with Crippen molar-refractivity contribution in [2.75, 3.05) is 13.1 Å². The number of hydrogen-bond acceptors (Lipinski definition) is 2. The van der Waals surface area contributed by atoms with Gasteiger partial charge in [-0.3, -0.25) is 4.98 Å². The molecule has 1 aliphatic rings. The van der Waals surface area contributed by atoms with Crippen molar-refractivity contribution in [3.63, 3.8) is 0 Å². The van der Waals surface area contributed by atoms with Gasteiger partial charge in [-0.2, -0.15) is 0 Å². The summed E-state index contributed by atoms with van der Waals surface area (Å²) in [6.45, 7) is 1.88. The Kier molecular flexibility index (Phi) is 2.04. The van der Waals surface area contributed by atoms with E-state index in [-0.39, 0.29) is 5.82 Å². The molecule has 3 heteroatoms. The summed E-state index contributed by atoms with van der Waals surface area (Å²) in [5, 5.41) is 3.21. The zero-order chi connectivity index (χ0) is 8.39. The van der Waals surface area contributed by atoms with E-state index in [1.54, 1.807) is 12.3 Å². The first kappa shape index (κ1) is 7.68. The largest absolute Gasteiger partial charge is 0.316 e. The predicted molar refractivity (Wildman–Crippen MR) is 44.4 cm³/mol. The molecule has 2 rings (SSSR count). The van der Waals surface area contributed by atoms with Crippen molar-refractivity contribution >= 4 is 0 Å². The molecule has 0 spiro atoms. The second-order valence-electron chi connectivity index (χ2n) is 3.09. The molecule has 1 saturated heterocycles. The average Bonchev–Trinajstić information content (AvgIpc) is 2.57. The smallest absolute Gasteiger partial charge is 0.144 e. The number of aromatic nitrogens is 1. The van der Waals surface area contributed by atoms with Gasteiger partial charge in [-0.15, -0.1) is 0 Å². The molecule has 0 radical (unpaired) electrons. The number of halogens is 1. The van der Waals surface area contributed by atoms with Crippen LogP contribution < -0.4 is 5.32 Å². The van der Waals surface area contributed by atoms with Crippen LogP contribution in [0.2, 0.25) is 0 Å². The van der Waals surface area contributed by atoms with E-state index in [0.29, 0.717) is 5.92 Å². The van der Waals surface area contributed by atoms with Crippen molar-refractivity contribution in [3.8, 4) is 0 Å². The molecule has 0 saturated carbocycles. The minimum atomic E-state index is -0.175. The van der Waals surface area contributed by atoms with Gasteiger partial charge in [0.05, 0.1) is 6.20 Å². The van der Waals surface area contributed by atoms with Crippen LogP contribution >= 0.6 is 0 Å². The van der Waals surface area contributed by atoms with Crippen LogP contribution in [0.5, 0.6) is 0 Å². The topological polar surface area (TPSA) is 24.9 Å². The molecule has 1 aliphatic heterocycles. The van der Waals surface area contributed by atoms with Crippen molar-refractivity contribution in [2.45, 2.75) is 12.3 Å². The van der Waals surface area contributed by atoms with Gasteiger partial charge >= 0.3 is 0 Å². The summed E-state index contributed by atoms with van der Waals surface area (Å²) in [5.74, 6) is 0.166. The normalized spacial score (nSPS) is 22.9. The van der Waals surface area contributed by atoms with Gasteiger partial charge < -0.3 is 5.32 Å². The Labute approximate surface area is 70.8 Å². The zero-order valence-electron chi connectivity index (χ0n) is 6.76. The van der Waals surface area contributed by atoms with Crippen LogP contribution in [0, 0.1) is 5.82 Å². The molecule has 2 heterocycles. The third kappa shape index (κ3) is 1.32. The molecule has 0 bridgehead atoms. The summed E-state index contributed by atoms with van der Waals surface area (Å²) < 4.78 is 13.2. The maximum atomic E-state index is 13.2. The predicted octanol–water partition coefficient (Wildman–Crippen LogP) is 1.30. The van der Waals surface area contributed by atoms with E-state index in [0.717, 1.165) is 25.1 Å². The van der Waals surface area contributed by atoms with Gasteiger partial charge in [0, 0.05) is 18.7 Å². The van der Waals surface area contributed by atoms with Crippen LogP contribution in [0.15, 0.2) is 18.5 Å². The van der Waals surface area contributed by atoms with Gasteiger partial charge in [0.15, 0.2) is 0 Å². The zero-order valence-corrected chi connectivity index (χ0v) is 6.76. The van der Waals surface area contributed by atoms with Crippen LogP contribution in [0.4, 0.5) is 4.39 Å². The molecule has 12 heavy (non-hydrogen) atoms. The lowest BCUT2D eigenvalue weighted by Gasteiger charge is -2.08. The van der Waals surface area contributed by atoms with Crippen molar-refractivity contribution in [1.82, 2.24) is 10.3 Å². The highest BCUT2D eigenvalue weighted by atomic mass is 19.1. The molecule has 1 aromatic heterocycles. The maximum Gasteiger partial charge on any atom is 0.144 e. The van der Waals surface area contributed by atoms with Gasteiger partial charge in [-0.05, 0) is 24.6 Å². The lowest BCUT2D eigenvalue weighted by atomic mass is 9.99. The van der Waals surface area contributed by atoms with E-state index >= 15 is 0 Å². The maximum absolute atomic E-state index is 13.2.